The highest BCUT2D eigenvalue weighted by Gasteiger charge is 2.39. The molecule has 0 saturated carbocycles. The summed E-state index contributed by atoms with van der Waals surface area (Å²) < 4.78 is 12.0. The number of aryl methyl sites for hydroxylation is 2. The lowest BCUT2D eigenvalue weighted by Gasteiger charge is -2.33. The molecule has 9 nitrogen and oxygen atoms in total. The Labute approximate surface area is 188 Å². The highest BCUT2D eigenvalue weighted by Crippen LogP contribution is 2.39. The average Bonchev–Trinajstić information content (AvgIpc) is 3.58. The van der Waals surface area contributed by atoms with Gasteiger partial charge in [0.05, 0.1) is 17.6 Å². The van der Waals surface area contributed by atoms with Crippen molar-refractivity contribution in [2.45, 2.75) is 26.3 Å². The number of nitrogens with one attached hydrogen (secondary N) is 1. The van der Waals surface area contributed by atoms with Crippen LogP contribution < -0.4 is 0 Å². The van der Waals surface area contributed by atoms with Crippen LogP contribution >= 0.6 is 0 Å². The lowest BCUT2D eigenvalue weighted by Crippen LogP contribution is -2.41. The molecule has 1 N–H and O–H groups in total. The first-order valence-corrected chi connectivity index (χ1v) is 10.7. The predicted molar refractivity (Wildman–Crippen MR) is 118 cm³/mol. The highest BCUT2D eigenvalue weighted by molar-refractivity contribution is 5.91. The third-order valence-corrected chi connectivity index (χ3v) is 6.16. The molecule has 0 spiro atoms. The van der Waals surface area contributed by atoms with Gasteiger partial charge in [-0.2, -0.15) is 0 Å². The van der Waals surface area contributed by atoms with Gasteiger partial charge >= 0.3 is 11.8 Å². The summed E-state index contributed by atoms with van der Waals surface area (Å²) in [6, 6.07) is 11.0. The van der Waals surface area contributed by atoms with Crippen LogP contribution in [0.4, 0.5) is 0 Å². The minimum atomic E-state index is -0.504. The van der Waals surface area contributed by atoms with E-state index in [9.17, 15) is 4.79 Å². The van der Waals surface area contributed by atoms with Crippen molar-refractivity contribution < 1.29 is 13.6 Å². The van der Waals surface area contributed by atoms with Crippen LogP contribution in [0.5, 0.6) is 0 Å². The third-order valence-electron chi connectivity index (χ3n) is 6.16. The van der Waals surface area contributed by atoms with Crippen molar-refractivity contribution in [2.75, 3.05) is 6.54 Å². The molecule has 0 bridgehead atoms. The lowest BCUT2D eigenvalue weighted by molar-refractivity contribution is 0.0632. The Morgan fingerprint density at radius 1 is 1.09 bits per heavy atom. The molecule has 1 atom stereocenters. The summed E-state index contributed by atoms with van der Waals surface area (Å²) in [5.41, 5.74) is 4.94. The van der Waals surface area contributed by atoms with Gasteiger partial charge in [-0.1, -0.05) is 18.2 Å². The molecule has 164 valence electrons. The van der Waals surface area contributed by atoms with Crippen LogP contribution in [-0.4, -0.2) is 42.5 Å². The van der Waals surface area contributed by atoms with Crippen LogP contribution in [-0.2, 0) is 6.42 Å². The standard InChI is InChI=1S/C24H20N6O3/c1-13-15-6-3-4-8-18(15)32-21(13)20-19-17(26-12-27-19)9-11-30(20)24(31)23-29-28-22(33-23)16-7-5-10-25-14(16)2/h3-8,10,12,20H,9,11H2,1-2H3,(H,26,27)/t20-/m0/s1. The highest BCUT2D eigenvalue weighted by atomic mass is 16.4. The fourth-order valence-corrected chi connectivity index (χ4v) is 4.47. The van der Waals surface area contributed by atoms with Crippen molar-refractivity contribution in [3.63, 3.8) is 0 Å². The number of nitrogens with zero attached hydrogens (tertiary/aromatic N) is 5. The molecule has 6 rings (SSSR count). The topological polar surface area (TPSA) is 114 Å². The number of carbonyl (C=O) groups excluding carboxylic acids is 1. The van der Waals surface area contributed by atoms with E-state index in [1.807, 2.05) is 44.2 Å². The lowest BCUT2D eigenvalue weighted by atomic mass is 9.97. The number of rotatable bonds is 3. The number of aromatic nitrogens is 5. The van der Waals surface area contributed by atoms with Gasteiger partial charge in [-0.05, 0) is 32.0 Å². The van der Waals surface area contributed by atoms with Crippen molar-refractivity contribution in [1.82, 2.24) is 30.0 Å². The van der Waals surface area contributed by atoms with E-state index in [0.717, 1.165) is 33.6 Å². The Bertz CT molecular complexity index is 1500. The van der Waals surface area contributed by atoms with E-state index < -0.39 is 6.04 Å². The number of benzene rings is 1. The number of para-hydroxylation sites is 1. The molecule has 0 saturated heterocycles. The van der Waals surface area contributed by atoms with Crippen molar-refractivity contribution in [2.24, 2.45) is 0 Å². The SMILES string of the molecule is Cc1ncccc1-c1nnc(C(=O)N2CCc3[nH]cnc3[C@H]2c2oc3ccccc3c2C)o1. The first-order valence-electron chi connectivity index (χ1n) is 10.7. The molecule has 0 aliphatic carbocycles. The zero-order valence-corrected chi connectivity index (χ0v) is 18.1. The number of aromatic amines is 1. The quantitative estimate of drug-likeness (QED) is 0.451. The number of imidazole rings is 1. The van der Waals surface area contributed by atoms with Gasteiger partial charge in [0.1, 0.15) is 17.4 Å². The molecule has 1 aliphatic heterocycles. The Kier molecular flexibility index (Phi) is 4.36. The number of hydrogen-bond donors (Lipinski definition) is 1. The fourth-order valence-electron chi connectivity index (χ4n) is 4.47. The summed E-state index contributed by atoms with van der Waals surface area (Å²) >= 11 is 0. The van der Waals surface area contributed by atoms with Gasteiger partial charge in [-0.3, -0.25) is 9.78 Å². The van der Waals surface area contributed by atoms with E-state index >= 15 is 0 Å². The molecular formula is C24H20N6O3. The molecule has 1 aliphatic rings. The van der Waals surface area contributed by atoms with E-state index in [2.05, 4.69) is 25.1 Å². The summed E-state index contributed by atoms with van der Waals surface area (Å²) in [5, 5.41) is 9.16. The van der Waals surface area contributed by atoms with Crippen LogP contribution in [0.25, 0.3) is 22.4 Å². The van der Waals surface area contributed by atoms with Crippen LogP contribution in [0.1, 0.15) is 45.1 Å². The van der Waals surface area contributed by atoms with Crippen LogP contribution in [0.3, 0.4) is 0 Å². The Hall–Kier alpha value is -4.27. The minimum Gasteiger partial charge on any atom is -0.458 e. The Balaban J connectivity index is 1.43. The Morgan fingerprint density at radius 3 is 2.82 bits per heavy atom. The molecule has 1 aromatic carbocycles. The summed E-state index contributed by atoms with van der Waals surface area (Å²) in [6.45, 7) is 4.31. The smallest absolute Gasteiger partial charge is 0.312 e. The van der Waals surface area contributed by atoms with E-state index in [-0.39, 0.29) is 17.7 Å². The second kappa shape index (κ2) is 7.40. The van der Waals surface area contributed by atoms with Crippen molar-refractivity contribution in [3.05, 3.63) is 83.2 Å². The van der Waals surface area contributed by atoms with Gasteiger partial charge in [-0.25, -0.2) is 4.98 Å². The Morgan fingerprint density at radius 2 is 1.97 bits per heavy atom. The summed E-state index contributed by atoms with van der Waals surface area (Å²) in [7, 11) is 0. The maximum Gasteiger partial charge on any atom is 0.312 e. The number of carbonyl (C=O) groups is 1. The van der Waals surface area contributed by atoms with Crippen molar-refractivity contribution >= 4 is 16.9 Å². The largest absolute Gasteiger partial charge is 0.458 e. The van der Waals surface area contributed by atoms with Crippen molar-refractivity contribution in [3.8, 4) is 11.5 Å². The van der Waals surface area contributed by atoms with Gasteiger partial charge < -0.3 is 18.7 Å². The molecule has 5 heterocycles. The van der Waals surface area contributed by atoms with Gasteiger partial charge in [0, 0.05) is 41.5 Å². The molecule has 0 unspecified atom stereocenters. The zero-order valence-electron chi connectivity index (χ0n) is 18.1. The second-order valence-corrected chi connectivity index (χ2v) is 8.05. The first kappa shape index (κ1) is 19.4. The molecule has 0 fully saturated rings. The number of fused-ring (bicyclic) bond motifs is 2. The van der Waals surface area contributed by atoms with E-state index in [1.165, 1.54) is 0 Å². The fraction of sp³-hybridized carbons (Fsp3) is 0.208. The normalized spacial score (nSPS) is 15.7. The predicted octanol–water partition coefficient (Wildman–Crippen LogP) is 4.01. The van der Waals surface area contributed by atoms with Gasteiger partial charge in [0.15, 0.2) is 0 Å². The second-order valence-electron chi connectivity index (χ2n) is 8.05. The maximum atomic E-state index is 13.6. The number of furan rings is 1. The third kappa shape index (κ3) is 3.04. The van der Waals surface area contributed by atoms with Crippen molar-refractivity contribution in [1.29, 1.82) is 0 Å². The number of H-pyrrole nitrogens is 1. The number of amides is 1. The molecule has 9 heteroatoms. The molecule has 0 radical (unpaired) electrons. The monoisotopic (exact) mass is 440 g/mol. The minimum absolute atomic E-state index is 0.0778. The zero-order chi connectivity index (χ0) is 22.5. The van der Waals surface area contributed by atoms with Gasteiger partial charge in [0.2, 0.25) is 5.89 Å². The first-order chi connectivity index (χ1) is 16.1. The molecule has 5 aromatic rings. The summed E-state index contributed by atoms with van der Waals surface area (Å²) in [4.78, 5) is 27.3. The molecule has 1 amide bonds. The van der Waals surface area contributed by atoms with E-state index in [0.29, 0.717) is 24.3 Å². The van der Waals surface area contributed by atoms with Gasteiger partial charge in [0.25, 0.3) is 0 Å². The summed E-state index contributed by atoms with van der Waals surface area (Å²) in [5.74, 6) is 0.498. The van der Waals surface area contributed by atoms with E-state index in [1.54, 1.807) is 23.5 Å². The molecule has 33 heavy (non-hydrogen) atoms. The molecular weight excluding hydrogens is 420 g/mol. The van der Waals surface area contributed by atoms with Gasteiger partial charge in [-0.15, -0.1) is 10.2 Å². The van der Waals surface area contributed by atoms with Crippen LogP contribution in [0, 0.1) is 13.8 Å². The summed E-state index contributed by atoms with van der Waals surface area (Å²) in [6.07, 6.45) is 3.98. The average molecular weight is 440 g/mol. The van der Waals surface area contributed by atoms with E-state index in [4.69, 9.17) is 8.83 Å². The molecule has 4 aromatic heterocycles. The number of pyridine rings is 1. The maximum absolute atomic E-state index is 13.6. The van der Waals surface area contributed by atoms with Crippen LogP contribution in [0.2, 0.25) is 0 Å². The van der Waals surface area contributed by atoms with Crippen LogP contribution in [0.15, 0.2) is 57.8 Å². The number of hydrogen-bond acceptors (Lipinski definition) is 7.